The summed E-state index contributed by atoms with van der Waals surface area (Å²) in [5.41, 5.74) is 1.45. The molecule has 0 amide bonds. The highest BCUT2D eigenvalue weighted by Gasteiger charge is 2.12. The molecule has 19 heavy (non-hydrogen) atoms. The van der Waals surface area contributed by atoms with E-state index in [1.165, 1.54) is 0 Å². The summed E-state index contributed by atoms with van der Waals surface area (Å²) in [5, 5.41) is 0. The van der Waals surface area contributed by atoms with E-state index in [-0.39, 0.29) is 0 Å². The Bertz CT molecular complexity index is 590. The molecule has 0 saturated carbocycles. The molecule has 0 aliphatic heterocycles. The first kappa shape index (κ1) is 13.1. The van der Waals surface area contributed by atoms with E-state index in [2.05, 4.69) is 4.98 Å². The summed E-state index contributed by atoms with van der Waals surface area (Å²) in [6, 6.07) is 3.50. The molecule has 5 nitrogen and oxygen atoms in total. The molecule has 100 valence electrons. The Morgan fingerprint density at radius 2 is 1.95 bits per heavy atom. The van der Waals surface area contributed by atoms with Gasteiger partial charge in [0.25, 0.3) is 0 Å². The van der Waals surface area contributed by atoms with E-state index in [0.29, 0.717) is 23.5 Å². The minimum Gasteiger partial charge on any atom is -0.493 e. The lowest BCUT2D eigenvalue weighted by molar-refractivity contribution is 0.112. The summed E-state index contributed by atoms with van der Waals surface area (Å²) in [5.74, 6) is 2.04. The van der Waals surface area contributed by atoms with Gasteiger partial charge in [-0.15, -0.1) is 0 Å². The second-order valence-corrected chi connectivity index (χ2v) is 4.16. The van der Waals surface area contributed by atoms with Crippen molar-refractivity contribution in [1.29, 1.82) is 0 Å². The van der Waals surface area contributed by atoms with Gasteiger partial charge in [-0.1, -0.05) is 0 Å². The van der Waals surface area contributed by atoms with E-state index in [9.17, 15) is 4.79 Å². The van der Waals surface area contributed by atoms with E-state index < -0.39 is 0 Å². The van der Waals surface area contributed by atoms with Gasteiger partial charge in [-0.25, -0.2) is 4.98 Å². The van der Waals surface area contributed by atoms with Crippen LogP contribution in [0.3, 0.4) is 0 Å². The number of rotatable bonds is 5. The Labute approximate surface area is 111 Å². The van der Waals surface area contributed by atoms with Crippen LogP contribution in [0, 0.1) is 0 Å². The molecule has 0 spiro atoms. The molecule has 0 saturated heterocycles. The number of imidazole rings is 1. The van der Waals surface area contributed by atoms with Crippen molar-refractivity contribution in [1.82, 2.24) is 9.55 Å². The Morgan fingerprint density at radius 3 is 2.47 bits per heavy atom. The number of benzene rings is 1. The Morgan fingerprint density at radius 1 is 1.26 bits per heavy atom. The molecule has 0 N–H and O–H groups in total. The van der Waals surface area contributed by atoms with Crippen LogP contribution in [0.5, 0.6) is 11.5 Å². The maximum Gasteiger partial charge on any atom is 0.161 e. The Balaban J connectivity index is 2.44. The SMILES string of the molecule is COc1cc(C=O)c(Cc2nccn2C)cc1OC. The van der Waals surface area contributed by atoms with Crippen LogP contribution in [-0.2, 0) is 13.5 Å². The normalized spacial score (nSPS) is 10.3. The third kappa shape index (κ3) is 2.59. The lowest BCUT2D eigenvalue weighted by Crippen LogP contribution is -2.03. The maximum absolute atomic E-state index is 11.2. The van der Waals surface area contributed by atoms with Crippen molar-refractivity contribution < 1.29 is 14.3 Å². The molecule has 0 fully saturated rings. The van der Waals surface area contributed by atoms with Crippen molar-refractivity contribution in [2.45, 2.75) is 6.42 Å². The summed E-state index contributed by atoms with van der Waals surface area (Å²) >= 11 is 0. The molecule has 5 heteroatoms. The van der Waals surface area contributed by atoms with Crippen molar-refractivity contribution in [3.63, 3.8) is 0 Å². The van der Waals surface area contributed by atoms with Crippen LogP contribution in [-0.4, -0.2) is 30.1 Å². The van der Waals surface area contributed by atoms with E-state index in [1.807, 2.05) is 23.9 Å². The van der Waals surface area contributed by atoms with Gasteiger partial charge in [-0.05, 0) is 17.7 Å². The van der Waals surface area contributed by atoms with Crippen molar-refractivity contribution in [2.75, 3.05) is 14.2 Å². The summed E-state index contributed by atoms with van der Waals surface area (Å²) in [6.45, 7) is 0. The summed E-state index contributed by atoms with van der Waals surface area (Å²) < 4.78 is 12.4. The number of carbonyl (C=O) groups is 1. The fourth-order valence-corrected chi connectivity index (χ4v) is 1.94. The molecule has 1 aromatic heterocycles. The zero-order chi connectivity index (χ0) is 13.8. The number of hydrogen-bond donors (Lipinski definition) is 0. The Kier molecular flexibility index (Phi) is 3.85. The van der Waals surface area contributed by atoms with Crippen molar-refractivity contribution >= 4 is 6.29 Å². The van der Waals surface area contributed by atoms with Crippen LogP contribution in [0.2, 0.25) is 0 Å². The average molecular weight is 260 g/mol. The van der Waals surface area contributed by atoms with Crippen molar-refractivity contribution in [2.24, 2.45) is 7.05 Å². The zero-order valence-electron chi connectivity index (χ0n) is 11.2. The van der Waals surface area contributed by atoms with Crippen LogP contribution in [0.25, 0.3) is 0 Å². The maximum atomic E-state index is 11.2. The quantitative estimate of drug-likeness (QED) is 0.770. The van der Waals surface area contributed by atoms with Gasteiger partial charge in [-0.2, -0.15) is 0 Å². The number of ether oxygens (including phenoxy) is 2. The van der Waals surface area contributed by atoms with Gasteiger partial charge in [0.15, 0.2) is 11.5 Å². The van der Waals surface area contributed by atoms with Gasteiger partial charge >= 0.3 is 0 Å². The van der Waals surface area contributed by atoms with E-state index in [1.54, 1.807) is 26.5 Å². The highest BCUT2D eigenvalue weighted by atomic mass is 16.5. The first-order chi connectivity index (χ1) is 9.19. The molecule has 0 aliphatic carbocycles. The van der Waals surface area contributed by atoms with Gasteiger partial charge in [-0.3, -0.25) is 4.79 Å². The molecule has 0 atom stereocenters. The Hall–Kier alpha value is -2.30. The predicted molar refractivity (Wildman–Crippen MR) is 70.9 cm³/mol. The third-order valence-electron chi connectivity index (χ3n) is 3.04. The zero-order valence-corrected chi connectivity index (χ0v) is 11.2. The second kappa shape index (κ2) is 5.56. The number of aryl methyl sites for hydroxylation is 1. The highest BCUT2D eigenvalue weighted by Crippen LogP contribution is 2.30. The molecule has 0 unspecified atom stereocenters. The first-order valence-electron chi connectivity index (χ1n) is 5.86. The topological polar surface area (TPSA) is 53.3 Å². The molecule has 2 aromatic rings. The minimum atomic E-state index is 0.549. The fraction of sp³-hybridized carbons (Fsp3) is 0.286. The molecule has 0 aliphatic rings. The molecular formula is C14H16N2O3. The monoisotopic (exact) mass is 260 g/mol. The van der Waals surface area contributed by atoms with Gasteiger partial charge in [0, 0.05) is 31.4 Å². The number of methoxy groups -OCH3 is 2. The van der Waals surface area contributed by atoms with Crippen molar-refractivity contribution in [3.8, 4) is 11.5 Å². The smallest absolute Gasteiger partial charge is 0.161 e. The van der Waals surface area contributed by atoms with Crippen LogP contribution < -0.4 is 9.47 Å². The summed E-state index contributed by atoms with van der Waals surface area (Å²) in [7, 11) is 5.04. The third-order valence-corrected chi connectivity index (χ3v) is 3.04. The highest BCUT2D eigenvalue weighted by molar-refractivity contribution is 5.79. The van der Waals surface area contributed by atoms with Crippen LogP contribution in [0.15, 0.2) is 24.5 Å². The van der Waals surface area contributed by atoms with Crippen molar-refractivity contribution in [3.05, 3.63) is 41.5 Å². The minimum absolute atomic E-state index is 0.549. The van der Waals surface area contributed by atoms with Gasteiger partial charge < -0.3 is 14.0 Å². The molecule has 2 rings (SSSR count). The fourth-order valence-electron chi connectivity index (χ4n) is 1.94. The second-order valence-electron chi connectivity index (χ2n) is 4.16. The van der Waals surface area contributed by atoms with E-state index in [0.717, 1.165) is 17.7 Å². The number of aldehydes is 1. The van der Waals surface area contributed by atoms with Gasteiger partial charge in [0.2, 0.25) is 0 Å². The standard InChI is InChI=1S/C14H16N2O3/c1-16-5-4-15-14(16)8-10-6-12(18-2)13(19-3)7-11(10)9-17/h4-7,9H,8H2,1-3H3. The van der Waals surface area contributed by atoms with Crippen LogP contribution >= 0.6 is 0 Å². The predicted octanol–water partition coefficient (Wildman–Crippen LogP) is 1.84. The number of hydrogen-bond acceptors (Lipinski definition) is 4. The lowest BCUT2D eigenvalue weighted by atomic mass is 10.0. The molecule has 0 radical (unpaired) electrons. The first-order valence-corrected chi connectivity index (χ1v) is 5.86. The molecular weight excluding hydrogens is 244 g/mol. The molecule has 0 bridgehead atoms. The number of carbonyl (C=O) groups excluding carboxylic acids is 1. The largest absolute Gasteiger partial charge is 0.493 e. The molecule has 1 heterocycles. The summed E-state index contributed by atoms with van der Waals surface area (Å²) in [4.78, 5) is 15.4. The average Bonchev–Trinajstić information content (AvgIpc) is 2.83. The van der Waals surface area contributed by atoms with Gasteiger partial charge in [0.1, 0.15) is 12.1 Å². The molecule has 1 aromatic carbocycles. The number of aromatic nitrogens is 2. The van der Waals surface area contributed by atoms with Gasteiger partial charge in [0.05, 0.1) is 14.2 Å². The van der Waals surface area contributed by atoms with E-state index >= 15 is 0 Å². The summed E-state index contributed by atoms with van der Waals surface area (Å²) in [6.07, 6.45) is 4.99. The lowest BCUT2D eigenvalue weighted by Gasteiger charge is -2.12. The van der Waals surface area contributed by atoms with E-state index in [4.69, 9.17) is 9.47 Å². The number of nitrogens with zero attached hydrogens (tertiary/aromatic N) is 2. The van der Waals surface area contributed by atoms with Crippen LogP contribution in [0.1, 0.15) is 21.7 Å². The van der Waals surface area contributed by atoms with Crippen LogP contribution in [0.4, 0.5) is 0 Å².